The molecular formula is C18H22N2O3S. The number of rotatable bonds is 6. The van der Waals surface area contributed by atoms with E-state index in [0.29, 0.717) is 17.2 Å². The fourth-order valence-electron chi connectivity index (χ4n) is 1.99. The average Bonchev–Trinajstić information content (AvgIpc) is 2.55. The van der Waals surface area contributed by atoms with Crippen molar-refractivity contribution < 1.29 is 13.2 Å². The molecule has 1 atom stereocenters. The Morgan fingerprint density at radius 1 is 0.958 bits per heavy atom. The second-order valence-corrected chi connectivity index (χ2v) is 7.69. The summed E-state index contributed by atoms with van der Waals surface area (Å²) in [6.07, 6.45) is 0. The lowest BCUT2D eigenvalue weighted by Gasteiger charge is -2.17. The van der Waals surface area contributed by atoms with E-state index in [1.807, 2.05) is 20.8 Å². The van der Waals surface area contributed by atoms with Crippen LogP contribution < -0.4 is 10.0 Å². The molecule has 0 saturated heterocycles. The van der Waals surface area contributed by atoms with Crippen molar-refractivity contribution in [2.45, 2.75) is 31.7 Å². The first-order valence-corrected chi connectivity index (χ1v) is 9.26. The highest BCUT2D eigenvalue weighted by Gasteiger charge is 2.16. The molecule has 1 unspecified atom stereocenters. The summed E-state index contributed by atoms with van der Waals surface area (Å²) in [4.78, 5) is 12.4. The van der Waals surface area contributed by atoms with Gasteiger partial charge in [0.2, 0.25) is 0 Å². The summed E-state index contributed by atoms with van der Waals surface area (Å²) in [5.74, 6) is 0.0886. The molecule has 0 saturated carbocycles. The quantitative estimate of drug-likeness (QED) is 0.843. The van der Waals surface area contributed by atoms with Crippen LogP contribution in [-0.2, 0) is 10.0 Å². The molecule has 2 aromatic carbocycles. The fourth-order valence-corrected chi connectivity index (χ4v) is 3.06. The number of sulfonamides is 1. The summed E-state index contributed by atoms with van der Waals surface area (Å²) in [6.45, 7) is 5.98. The molecule has 5 nitrogen and oxygen atoms in total. The number of carbonyl (C=O) groups is 1. The van der Waals surface area contributed by atoms with E-state index in [9.17, 15) is 13.2 Å². The Kier molecular flexibility index (Phi) is 5.62. The van der Waals surface area contributed by atoms with Crippen molar-refractivity contribution in [1.29, 1.82) is 0 Å². The lowest BCUT2D eigenvalue weighted by Crippen LogP contribution is -2.36. The van der Waals surface area contributed by atoms with Crippen LogP contribution in [0.4, 0.5) is 5.69 Å². The largest absolute Gasteiger partial charge is 0.349 e. The van der Waals surface area contributed by atoms with Crippen LogP contribution in [0.15, 0.2) is 59.5 Å². The van der Waals surface area contributed by atoms with Crippen molar-refractivity contribution in [3.8, 4) is 0 Å². The van der Waals surface area contributed by atoms with Gasteiger partial charge in [-0.2, -0.15) is 0 Å². The van der Waals surface area contributed by atoms with E-state index in [1.165, 1.54) is 18.2 Å². The second-order valence-electron chi connectivity index (χ2n) is 6.01. The van der Waals surface area contributed by atoms with Gasteiger partial charge in [-0.15, -0.1) is 0 Å². The van der Waals surface area contributed by atoms with Crippen LogP contribution in [0.2, 0.25) is 0 Å². The van der Waals surface area contributed by atoms with Crippen molar-refractivity contribution in [3.05, 3.63) is 60.2 Å². The van der Waals surface area contributed by atoms with Crippen LogP contribution in [-0.4, -0.2) is 20.4 Å². The first-order valence-electron chi connectivity index (χ1n) is 7.78. The molecule has 0 aliphatic rings. The van der Waals surface area contributed by atoms with Crippen LogP contribution in [0.5, 0.6) is 0 Å². The Hall–Kier alpha value is -2.34. The molecule has 0 fully saturated rings. The van der Waals surface area contributed by atoms with Gasteiger partial charge in [-0.3, -0.25) is 9.52 Å². The molecule has 1 amide bonds. The van der Waals surface area contributed by atoms with E-state index >= 15 is 0 Å². The van der Waals surface area contributed by atoms with Crippen molar-refractivity contribution in [1.82, 2.24) is 5.32 Å². The third kappa shape index (κ3) is 4.58. The predicted octanol–water partition coefficient (Wildman–Crippen LogP) is 3.26. The molecule has 0 radical (unpaired) electrons. The van der Waals surface area contributed by atoms with Crippen LogP contribution in [0, 0.1) is 5.92 Å². The number of nitrogens with one attached hydrogen (secondary N) is 2. The monoisotopic (exact) mass is 346 g/mol. The first kappa shape index (κ1) is 18.0. The molecule has 0 aromatic heterocycles. The molecule has 0 spiro atoms. The van der Waals surface area contributed by atoms with Crippen molar-refractivity contribution in [2.24, 2.45) is 5.92 Å². The van der Waals surface area contributed by atoms with Gasteiger partial charge in [-0.1, -0.05) is 38.1 Å². The van der Waals surface area contributed by atoms with Crippen LogP contribution >= 0.6 is 0 Å². The van der Waals surface area contributed by atoms with Gasteiger partial charge in [0.1, 0.15) is 0 Å². The van der Waals surface area contributed by atoms with Gasteiger partial charge >= 0.3 is 0 Å². The third-order valence-corrected chi connectivity index (χ3v) is 5.19. The Morgan fingerprint density at radius 2 is 1.62 bits per heavy atom. The summed E-state index contributed by atoms with van der Waals surface area (Å²) in [5.41, 5.74) is 0.763. The highest BCUT2D eigenvalue weighted by atomic mass is 32.2. The highest BCUT2D eigenvalue weighted by molar-refractivity contribution is 7.92. The molecule has 24 heavy (non-hydrogen) atoms. The third-order valence-electron chi connectivity index (χ3n) is 3.79. The van der Waals surface area contributed by atoms with Gasteiger partial charge in [0.15, 0.2) is 0 Å². The maximum Gasteiger partial charge on any atom is 0.261 e. The Balaban J connectivity index is 2.18. The first-order chi connectivity index (χ1) is 11.3. The van der Waals surface area contributed by atoms with Gasteiger partial charge in [-0.05, 0) is 43.2 Å². The number of carbonyl (C=O) groups excluding carboxylic acids is 1. The van der Waals surface area contributed by atoms with E-state index < -0.39 is 10.0 Å². The van der Waals surface area contributed by atoms with Gasteiger partial charge in [-0.25, -0.2) is 8.42 Å². The molecule has 0 aliphatic carbocycles. The lowest BCUT2D eigenvalue weighted by molar-refractivity contribution is 0.0930. The SMILES string of the molecule is CC(C)C(C)NC(=O)c1cccc(NS(=O)(=O)c2ccccc2)c1. The van der Waals surface area contributed by atoms with E-state index in [-0.39, 0.29) is 16.8 Å². The maximum absolute atomic E-state index is 12.3. The molecule has 0 heterocycles. The number of hydrogen-bond donors (Lipinski definition) is 2. The lowest BCUT2D eigenvalue weighted by atomic mass is 10.1. The maximum atomic E-state index is 12.3. The number of hydrogen-bond acceptors (Lipinski definition) is 3. The zero-order valence-corrected chi connectivity index (χ0v) is 14.8. The Bertz CT molecular complexity index is 802. The zero-order chi connectivity index (χ0) is 17.7. The Morgan fingerprint density at radius 3 is 2.25 bits per heavy atom. The second kappa shape index (κ2) is 7.49. The van der Waals surface area contributed by atoms with Gasteiger partial charge in [0.05, 0.1) is 4.90 Å². The minimum atomic E-state index is -3.67. The van der Waals surface area contributed by atoms with Crippen LogP contribution in [0.3, 0.4) is 0 Å². The molecule has 128 valence electrons. The molecule has 6 heteroatoms. The Labute approximate surface area is 143 Å². The summed E-state index contributed by atoms with van der Waals surface area (Å²) in [6, 6.07) is 14.6. The summed E-state index contributed by atoms with van der Waals surface area (Å²) >= 11 is 0. The highest BCUT2D eigenvalue weighted by Crippen LogP contribution is 2.17. The summed E-state index contributed by atoms with van der Waals surface area (Å²) < 4.78 is 27.2. The minimum absolute atomic E-state index is 0.0298. The number of benzene rings is 2. The van der Waals surface area contributed by atoms with E-state index in [0.717, 1.165) is 0 Å². The minimum Gasteiger partial charge on any atom is -0.349 e. The zero-order valence-electron chi connectivity index (χ0n) is 14.0. The molecule has 2 N–H and O–H groups in total. The van der Waals surface area contributed by atoms with Gasteiger partial charge in [0, 0.05) is 17.3 Å². The van der Waals surface area contributed by atoms with Crippen LogP contribution in [0.25, 0.3) is 0 Å². The smallest absolute Gasteiger partial charge is 0.261 e. The predicted molar refractivity (Wildman–Crippen MR) is 95.5 cm³/mol. The van der Waals surface area contributed by atoms with Crippen molar-refractivity contribution >= 4 is 21.6 Å². The molecule has 0 bridgehead atoms. The normalized spacial score (nSPS) is 12.7. The van der Waals surface area contributed by atoms with Gasteiger partial charge in [0.25, 0.3) is 15.9 Å². The van der Waals surface area contributed by atoms with Gasteiger partial charge < -0.3 is 5.32 Å². The topological polar surface area (TPSA) is 75.3 Å². The standard InChI is InChI=1S/C18H22N2O3S/c1-13(2)14(3)19-18(21)15-8-7-9-16(12-15)20-24(22,23)17-10-5-4-6-11-17/h4-14,20H,1-3H3,(H,19,21). The average molecular weight is 346 g/mol. The van der Waals surface area contributed by atoms with Crippen molar-refractivity contribution in [2.75, 3.05) is 4.72 Å². The van der Waals surface area contributed by atoms with E-state index in [4.69, 9.17) is 0 Å². The van der Waals surface area contributed by atoms with E-state index in [1.54, 1.807) is 36.4 Å². The summed E-state index contributed by atoms with van der Waals surface area (Å²) in [5, 5.41) is 2.90. The van der Waals surface area contributed by atoms with Crippen molar-refractivity contribution in [3.63, 3.8) is 0 Å². The summed E-state index contributed by atoms with van der Waals surface area (Å²) in [7, 11) is -3.67. The number of anilines is 1. The molecule has 0 aliphatic heterocycles. The van der Waals surface area contributed by atoms with E-state index in [2.05, 4.69) is 10.0 Å². The molecule has 2 rings (SSSR count). The molecular weight excluding hydrogens is 324 g/mol. The fraction of sp³-hybridized carbons (Fsp3) is 0.278. The van der Waals surface area contributed by atoms with Crippen LogP contribution in [0.1, 0.15) is 31.1 Å². The molecule has 2 aromatic rings. The number of amides is 1.